The zero-order valence-corrected chi connectivity index (χ0v) is 33.9. The molecule has 4 heteroatoms. The number of nitrogens with zero attached hydrogens (tertiary/aromatic N) is 1. The van der Waals surface area contributed by atoms with Crippen molar-refractivity contribution in [1.82, 2.24) is 4.98 Å². The molecule has 1 saturated carbocycles. The van der Waals surface area contributed by atoms with E-state index in [2.05, 4.69) is 99.7 Å². The molecule has 1 spiro atoms. The number of hydrogen-bond donors (Lipinski definition) is 1. The van der Waals surface area contributed by atoms with Gasteiger partial charge in [-0.3, -0.25) is 9.78 Å². The molecule has 0 amide bonds. The molecule has 7 rings (SSSR count). The van der Waals surface area contributed by atoms with Crippen LogP contribution >= 0.6 is 0 Å². The molecular weight excluding hydrogens is 803 g/mol. The van der Waals surface area contributed by atoms with Crippen LogP contribution in [0.5, 0.6) is 0 Å². The van der Waals surface area contributed by atoms with Crippen LogP contribution in [0.2, 0.25) is 0 Å². The maximum atomic E-state index is 11.7. The van der Waals surface area contributed by atoms with Crippen molar-refractivity contribution in [2.75, 3.05) is 0 Å². The number of ketones is 1. The predicted molar refractivity (Wildman–Crippen MR) is 212 cm³/mol. The van der Waals surface area contributed by atoms with Gasteiger partial charge in [0.15, 0.2) is 5.78 Å². The van der Waals surface area contributed by atoms with E-state index in [4.69, 9.17) is 4.98 Å². The van der Waals surface area contributed by atoms with Crippen LogP contribution in [-0.4, -0.2) is 15.9 Å². The summed E-state index contributed by atoms with van der Waals surface area (Å²) in [6, 6.07) is 24.1. The van der Waals surface area contributed by atoms with Crippen LogP contribution in [0.25, 0.3) is 45.8 Å². The van der Waals surface area contributed by atoms with Crippen molar-refractivity contribution in [2.45, 2.75) is 111 Å². The Morgan fingerprint density at radius 2 is 1.53 bits per heavy atom. The van der Waals surface area contributed by atoms with Crippen LogP contribution in [0.15, 0.2) is 72.6 Å². The third kappa shape index (κ3) is 7.51. The third-order valence-electron chi connectivity index (χ3n) is 11.5. The fraction of sp³-hybridized carbons (Fsp3) is 0.404. The summed E-state index contributed by atoms with van der Waals surface area (Å²) < 4.78 is 0. The Labute approximate surface area is 319 Å². The molecule has 3 aliphatic carbocycles. The molecule has 1 fully saturated rings. The minimum absolute atomic E-state index is 0. The number of carbonyl (C=O) groups is 1. The second-order valence-electron chi connectivity index (χ2n) is 15.5. The van der Waals surface area contributed by atoms with Crippen molar-refractivity contribution >= 4 is 40.4 Å². The van der Waals surface area contributed by atoms with Gasteiger partial charge in [0.2, 0.25) is 0 Å². The van der Waals surface area contributed by atoms with E-state index in [0.29, 0.717) is 0 Å². The second kappa shape index (κ2) is 16.0. The molecule has 0 unspecified atom stereocenters. The van der Waals surface area contributed by atoms with Crippen LogP contribution in [0.4, 0.5) is 0 Å². The number of aliphatic hydroxyl groups excluding tert-OH is 1. The number of hydrogen-bond acceptors (Lipinski definition) is 3. The summed E-state index contributed by atoms with van der Waals surface area (Å²) in [4.78, 5) is 16.7. The predicted octanol–water partition coefficient (Wildman–Crippen LogP) is 12.7. The molecule has 1 radical (unpaired) electrons. The average Bonchev–Trinajstić information content (AvgIpc) is 3.85. The molecule has 0 atom stereocenters. The molecule has 0 saturated heterocycles. The summed E-state index contributed by atoms with van der Waals surface area (Å²) in [5.41, 5.74) is 12.0. The standard InChI is InChI=1S/C34H30N.C13H24O2.Ir/c1-33(2,3)28-13-11-22(12-14-28)29-21-26-15-18-35-32(31(26)34(29)16-4-5-17-34)27-19-24-8-6-7-23-9-10-25(20-27)30(23)24;1-5-10(6-2)12(14)9-13(15)11(7-3)8-4;/h6-15,18,20-21H,4-5,16-17H2,1-3H3;9-11,14H,5-8H2,1-4H3;/q-1;;/b;12-9-;. The quantitative estimate of drug-likeness (QED) is 0.0913. The number of benzene rings is 3. The molecule has 269 valence electrons. The van der Waals surface area contributed by atoms with Crippen molar-refractivity contribution in [3.8, 4) is 11.3 Å². The van der Waals surface area contributed by atoms with E-state index < -0.39 is 0 Å². The Kier molecular flexibility index (Phi) is 12.1. The van der Waals surface area contributed by atoms with Crippen molar-refractivity contribution in [2.24, 2.45) is 11.8 Å². The SMILES string of the molecule is CC(C)(C)c1ccc(C2=Cc3ccnc(-c4[c-]c5cccc6c5c(c4)C=C6)c3C23CCCC3)cc1.CCC(CC)C(=O)/C=C(\O)C(CC)CC.[Ir]. The van der Waals surface area contributed by atoms with Gasteiger partial charge in [-0.05, 0) is 77.8 Å². The Morgan fingerprint density at radius 1 is 0.882 bits per heavy atom. The van der Waals surface area contributed by atoms with Crippen LogP contribution in [0, 0.1) is 17.9 Å². The first kappa shape index (κ1) is 38.6. The van der Waals surface area contributed by atoms with Gasteiger partial charge in [0.05, 0.1) is 5.76 Å². The fourth-order valence-corrected chi connectivity index (χ4v) is 8.50. The molecule has 3 aromatic carbocycles. The van der Waals surface area contributed by atoms with E-state index in [1.165, 1.54) is 81.5 Å². The van der Waals surface area contributed by atoms with E-state index in [-0.39, 0.29) is 54.3 Å². The first-order valence-corrected chi connectivity index (χ1v) is 19.0. The topological polar surface area (TPSA) is 50.2 Å². The molecular formula is C47H54IrNO2-. The number of fused-ring (bicyclic) bond motifs is 2. The fourth-order valence-electron chi connectivity index (χ4n) is 8.50. The molecule has 0 bridgehead atoms. The molecule has 1 heterocycles. The molecule has 3 aliphatic rings. The van der Waals surface area contributed by atoms with Gasteiger partial charge in [-0.1, -0.05) is 138 Å². The van der Waals surface area contributed by atoms with Gasteiger partial charge in [0.1, 0.15) is 0 Å². The summed E-state index contributed by atoms with van der Waals surface area (Å²) in [5, 5.41) is 12.3. The molecule has 0 aliphatic heterocycles. The first-order valence-electron chi connectivity index (χ1n) is 19.0. The summed E-state index contributed by atoms with van der Waals surface area (Å²) in [5.74, 6) is 0.547. The largest absolute Gasteiger partial charge is 0.512 e. The van der Waals surface area contributed by atoms with Crippen molar-refractivity contribution in [3.63, 3.8) is 0 Å². The minimum atomic E-state index is 0. The number of rotatable bonds is 9. The van der Waals surface area contributed by atoms with Gasteiger partial charge >= 0.3 is 0 Å². The summed E-state index contributed by atoms with van der Waals surface area (Å²) in [6.45, 7) is 14.9. The Hall–Kier alpha value is -3.59. The van der Waals surface area contributed by atoms with Crippen molar-refractivity contribution in [3.05, 3.63) is 112 Å². The molecule has 1 N–H and O–H groups in total. The van der Waals surface area contributed by atoms with Gasteiger partial charge in [-0.25, -0.2) is 0 Å². The van der Waals surface area contributed by atoms with Crippen molar-refractivity contribution < 1.29 is 30.0 Å². The smallest absolute Gasteiger partial charge is 0.162 e. The maximum Gasteiger partial charge on any atom is 0.162 e. The number of pyridine rings is 1. The Balaban J connectivity index is 0.000000271. The summed E-state index contributed by atoms with van der Waals surface area (Å²) in [7, 11) is 0. The zero-order chi connectivity index (χ0) is 35.6. The van der Waals surface area contributed by atoms with Gasteiger partial charge in [-0.15, -0.1) is 23.6 Å². The first-order chi connectivity index (χ1) is 24.0. The average molecular weight is 857 g/mol. The van der Waals surface area contributed by atoms with Crippen LogP contribution in [0.3, 0.4) is 0 Å². The van der Waals surface area contributed by atoms with Gasteiger partial charge < -0.3 is 5.11 Å². The molecule has 3 nitrogen and oxygen atoms in total. The molecule has 51 heavy (non-hydrogen) atoms. The molecule has 1 aromatic heterocycles. The number of allylic oxidation sites excluding steroid dienone is 3. The van der Waals surface area contributed by atoms with Crippen LogP contribution < -0.4 is 0 Å². The van der Waals surface area contributed by atoms with Crippen molar-refractivity contribution in [1.29, 1.82) is 0 Å². The third-order valence-corrected chi connectivity index (χ3v) is 11.5. The second-order valence-corrected chi connectivity index (χ2v) is 15.5. The van der Waals surface area contributed by atoms with Crippen LogP contribution in [0.1, 0.15) is 133 Å². The van der Waals surface area contributed by atoms with E-state index >= 15 is 0 Å². The normalized spacial score (nSPS) is 15.6. The van der Waals surface area contributed by atoms with Gasteiger partial charge in [0, 0.05) is 55.3 Å². The Morgan fingerprint density at radius 3 is 2.16 bits per heavy atom. The number of aromatic nitrogens is 1. The Bertz CT molecular complexity index is 1960. The number of carbonyl (C=O) groups excluding carboxylic acids is 1. The van der Waals surface area contributed by atoms with E-state index in [0.717, 1.165) is 36.9 Å². The monoisotopic (exact) mass is 857 g/mol. The summed E-state index contributed by atoms with van der Waals surface area (Å²) in [6.07, 6.45) is 18.7. The van der Waals surface area contributed by atoms with Gasteiger partial charge in [0.25, 0.3) is 0 Å². The van der Waals surface area contributed by atoms with Crippen LogP contribution in [-0.2, 0) is 35.7 Å². The van der Waals surface area contributed by atoms with E-state index in [1.54, 1.807) is 0 Å². The maximum absolute atomic E-state index is 11.7. The zero-order valence-electron chi connectivity index (χ0n) is 31.5. The summed E-state index contributed by atoms with van der Waals surface area (Å²) >= 11 is 0. The minimum Gasteiger partial charge on any atom is -0.512 e. The number of aliphatic hydroxyl groups is 1. The van der Waals surface area contributed by atoms with E-state index in [9.17, 15) is 9.90 Å². The van der Waals surface area contributed by atoms with Gasteiger partial charge in [-0.2, -0.15) is 0 Å². The van der Waals surface area contributed by atoms with E-state index in [1.807, 2.05) is 33.9 Å². The molecule has 4 aromatic rings.